The molecule has 1 aromatic rings. The number of benzene rings is 1. The van der Waals surface area contributed by atoms with Crippen molar-refractivity contribution in [3.63, 3.8) is 0 Å². The Bertz CT molecular complexity index is 668. The summed E-state index contributed by atoms with van der Waals surface area (Å²) in [4.78, 5) is -0.162. The van der Waals surface area contributed by atoms with Crippen LogP contribution < -0.4 is 40.2 Å². The van der Waals surface area contributed by atoms with E-state index in [1.165, 1.54) is 76.7 Å². The molecule has 2 N–H and O–H groups in total. The van der Waals surface area contributed by atoms with Crippen molar-refractivity contribution in [1.82, 2.24) is 0 Å². The molecule has 0 aromatic heterocycles. The van der Waals surface area contributed by atoms with Gasteiger partial charge >= 0.3 is 29.6 Å². The summed E-state index contributed by atoms with van der Waals surface area (Å²) in [5, 5.41) is 6.43. The standard InChI is InChI=1S/C21H36N2O3S.Na/c1-2-3-4-5-6-7-8-9-10-11-12-13-17-20-22-18-15-14-16-19(21(18)23-20)27(24,25)26;/h14-16,20,22-23H,2-13,17H2,1H3,(H,24,25,26);/q;+1/p-1. The molecule has 0 amide bonds. The van der Waals surface area contributed by atoms with Crippen LogP contribution in [0.2, 0.25) is 0 Å². The Morgan fingerprint density at radius 3 is 1.93 bits per heavy atom. The van der Waals surface area contributed by atoms with Gasteiger partial charge in [-0.25, -0.2) is 8.42 Å². The minimum atomic E-state index is -4.45. The van der Waals surface area contributed by atoms with Gasteiger partial charge in [0.15, 0.2) is 0 Å². The van der Waals surface area contributed by atoms with Crippen LogP contribution in [0.5, 0.6) is 0 Å². The van der Waals surface area contributed by atoms with Crippen LogP contribution in [0.3, 0.4) is 0 Å². The molecule has 0 fully saturated rings. The number of rotatable bonds is 14. The van der Waals surface area contributed by atoms with Crippen molar-refractivity contribution in [2.24, 2.45) is 0 Å². The first-order valence-corrected chi connectivity index (χ1v) is 12.0. The molecular formula is C21H35N2NaO3S. The fourth-order valence-corrected chi connectivity index (χ4v) is 4.40. The van der Waals surface area contributed by atoms with Crippen LogP contribution in [0.4, 0.5) is 11.4 Å². The Balaban J connectivity index is 0.00000392. The minimum absolute atomic E-state index is 0. The van der Waals surface area contributed by atoms with Crippen molar-refractivity contribution in [2.45, 2.75) is 101 Å². The second-order valence-corrected chi connectivity index (χ2v) is 9.00. The van der Waals surface area contributed by atoms with Crippen molar-refractivity contribution in [2.75, 3.05) is 10.6 Å². The Hall–Kier alpha value is -0.270. The number of para-hydroxylation sites is 1. The smallest absolute Gasteiger partial charge is 0.744 e. The third-order valence-corrected chi connectivity index (χ3v) is 6.17. The van der Waals surface area contributed by atoms with Gasteiger partial charge in [-0.3, -0.25) is 0 Å². The fraction of sp³-hybridized carbons (Fsp3) is 0.714. The van der Waals surface area contributed by atoms with Crippen molar-refractivity contribution >= 4 is 21.5 Å². The second-order valence-electron chi connectivity index (χ2n) is 7.65. The summed E-state index contributed by atoms with van der Waals surface area (Å²) in [7, 11) is -4.45. The maximum atomic E-state index is 11.3. The van der Waals surface area contributed by atoms with Crippen molar-refractivity contribution < 1.29 is 42.5 Å². The zero-order chi connectivity index (χ0) is 19.5. The van der Waals surface area contributed by atoms with Crippen molar-refractivity contribution in [3.05, 3.63) is 18.2 Å². The molecule has 0 aliphatic carbocycles. The van der Waals surface area contributed by atoms with E-state index in [0.29, 0.717) is 11.4 Å². The quantitative estimate of drug-likeness (QED) is 0.276. The van der Waals surface area contributed by atoms with Crippen LogP contribution in [0.25, 0.3) is 0 Å². The summed E-state index contributed by atoms with van der Waals surface area (Å²) in [6, 6.07) is 4.77. The molecule has 1 aliphatic heterocycles. The maximum absolute atomic E-state index is 11.3. The van der Waals surface area contributed by atoms with Gasteiger partial charge in [0, 0.05) is 0 Å². The van der Waals surface area contributed by atoms with Gasteiger partial charge in [-0.15, -0.1) is 0 Å². The van der Waals surface area contributed by atoms with E-state index in [0.717, 1.165) is 12.8 Å². The average Bonchev–Trinajstić information content (AvgIpc) is 3.04. The molecule has 0 saturated carbocycles. The van der Waals surface area contributed by atoms with Crippen LogP contribution in [0.1, 0.15) is 90.4 Å². The SMILES string of the molecule is CCCCCCCCCCCCCCC1Nc2cccc(S(=O)(=O)[O-])c2N1.[Na+]. The number of unbranched alkanes of at least 4 members (excludes halogenated alkanes) is 11. The summed E-state index contributed by atoms with van der Waals surface area (Å²) in [6.45, 7) is 2.26. The molecule has 154 valence electrons. The summed E-state index contributed by atoms with van der Waals surface area (Å²) in [5.74, 6) is 0. The van der Waals surface area contributed by atoms with Gasteiger partial charge in [-0.2, -0.15) is 0 Å². The van der Waals surface area contributed by atoms with Crippen LogP contribution in [0.15, 0.2) is 23.1 Å². The molecule has 0 spiro atoms. The monoisotopic (exact) mass is 418 g/mol. The summed E-state index contributed by atoms with van der Waals surface area (Å²) >= 11 is 0. The van der Waals surface area contributed by atoms with Crippen LogP contribution in [0, 0.1) is 0 Å². The number of fused-ring (bicyclic) bond motifs is 1. The van der Waals surface area contributed by atoms with E-state index in [4.69, 9.17) is 0 Å². The zero-order valence-corrected chi connectivity index (χ0v) is 20.5. The van der Waals surface area contributed by atoms with Gasteiger partial charge in [0.05, 0.1) is 22.4 Å². The minimum Gasteiger partial charge on any atom is -0.744 e. The Labute approximate surface area is 193 Å². The average molecular weight is 419 g/mol. The molecule has 1 aromatic carbocycles. The molecule has 7 heteroatoms. The topological polar surface area (TPSA) is 81.3 Å². The molecule has 1 heterocycles. The first kappa shape index (κ1) is 25.8. The maximum Gasteiger partial charge on any atom is 1.00 e. The molecule has 1 atom stereocenters. The molecular weight excluding hydrogens is 383 g/mol. The van der Waals surface area contributed by atoms with E-state index < -0.39 is 10.1 Å². The molecule has 1 aliphatic rings. The van der Waals surface area contributed by atoms with Crippen LogP contribution in [-0.2, 0) is 10.1 Å². The van der Waals surface area contributed by atoms with Gasteiger partial charge in [-0.1, -0.05) is 83.6 Å². The van der Waals surface area contributed by atoms with E-state index in [2.05, 4.69) is 17.6 Å². The first-order valence-electron chi connectivity index (χ1n) is 10.6. The summed E-state index contributed by atoms with van der Waals surface area (Å²) in [6.07, 6.45) is 16.7. The van der Waals surface area contributed by atoms with Crippen molar-refractivity contribution in [3.8, 4) is 0 Å². The van der Waals surface area contributed by atoms with Crippen LogP contribution in [-0.4, -0.2) is 19.1 Å². The van der Waals surface area contributed by atoms with E-state index in [9.17, 15) is 13.0 Å². The van der Waals surface area contributed by atoms with E-state index in [-0.39, 0.29) is 40.6 Å². The van der Waals surface area contributed by atoms with Crippen LogP contribution >= 0.6 is 0 Å². The molecule has 2 rings (SSSR count). The van der Waals surface area contributed by atoms with Gasteiger partial charge in [-0.05, 0) is 25.0 Å². The number of hydrogen-bond donors (Lipinski definition) is 2. The zero-order valence-electron chi connectivity index (χ0n) is 17.6. The Morgan fingerprint density at radius 2 is 1.39 bits per heavy atom. The van der Waals surface area contributed by atoms with Gasteiger partial charge in [0.25, 0.3) is 0 Å². The van der Waals surface area contributed by atoms with Gasteiger partial charge in [0.2, 0.25) is 0 Å². The predicted molar refractivity (Wildman–Crippen MR) is 111 cm³/mol. The Kier molecular flexibility index (Phi) is 12.8. The Morgan fingerprint density at radius 1 is 0.857 bits per heavy atom. The van der Waals surface area contributed by atoms with Crippen molar-refractivity contribution in [1.29, 1.82) is 0 Å². The second kappa shape index (κ2) is 13.9. The largest absolute Gasteiger partial charge is 1.00 e. The molecule has 28 heavy (non-hydrogen) atoms. The fourth-order valence-electron chi connectivity index (χ4n) is 3.74. The third-order valence-electron chi connectivity index (χ3n) is 5.29. The first-order chi connectivity index (χ1) is 13.0. The summed E-state index contributed by atoms with van der Waals surface area (Å²) in [5.41, 5.74) is 1.13. The van der Waals surface area contributed by atoms with E-state index in [1.807, 2.05) is 0 Å². The normalized spacial score (nSPS) is 15.4. The van der Waals surface area contributed by atoms with Gasteiger partial charge in [0.1, 0.15) is 10.1 Å². The van der Waals surface area contributed by atoms with E-state index >= 15 is 0 Å². The molecule has 0 bridgehead atoms. The number of nitrogens with one attached hydrogen (secondary N) is 2. The number of anilines is 2. The van der Waals surface area contributed by atoms with Gasteiger partial charge < -0.3 is 15.2 Å². The third kappa shape index (κ3) is 9.04. The predicted octanol–water partition coefficient (Wildman–Crippen LogP) is 2.85. The molecule has 0 saturated heterocycles. The molecule has 0 radical (unpaired) electrons. The molecule has 1 unspecified atom stereocenters. The molecule has 5 nitrogen and oxygen atoms in total. The van der Waals surface area contributed by atoms with E-state index in [1.54, 1.807) is 12.1 Å². The summed E-state index contributed by atoms with van der Waals surface area (Å²) < 4.78 is 34.0. The number of hydrogen-bond acceptors (Lipinski definition) is 5.